The number of benzene rings is 1. The number of H-pyrrole nitrogens is 1. The number of imidazole rings is 1. The maximum absolute atomic E-state index is 12.1. The van der Waals surface area contributed by atoms with E-state index in [1.165, 1.54) is 0 Å². The summed E-state index contributed by atoms with van der Waals surface area (Å²) in [5.74, 6) is -1.77. The summed E-state index contributed by atoms with van der Waals surface area (Å²) in [6.45, 7) is 3.33. The number of aromatic amines is 1. The highest BCUT2D eigenvalue weighted by Crippen LogP contribution is 2.18. The molecule has 0 radical (unpaired) electrons. The zero-order valence-electron chi connectivity index (χ0n) is 17.3. The van der Waals surface area contributed by atoms with E-state index in [2.05, 4.69) is 25.2 Å². The number of rotatable bonds is 5. The summed E-state index contributed by atoms with van der Waals surface area (Å²) in [4.78, 5) is 34.5. The SMILES string of the molecule is O=C(O)C(F)(F)F.O=c1[nH]c2cc(Cl)ccc2n1CCNC1CCN(c2ccncn2)CC1. The maximum Gasteiger partial charge on any atom is 0.490 e. The maximum atomic E-state index is 12.1. The van der Waals surface area contributed by atoms with Gasteiger partial charge in [0.25, 0.3) is 0 Å². The largest absolute Gasteiger partial charge is 0.490 e. The predicted molar refractivity (Wildman–Crippen MR) is 117 cm³/mol. The molecule has 4 rings (SSSR count). The molecule has 0 amide bonds. The summed E-state index contributed by atoms with van der Waals surface area (Å²) in [5.41, 5.74) is 1.57. The van der Waals surface area contributed by atoms with Gasteiger partial charge in [-0.2, -0.15) is 13.2 Å². The van der Waals surface area contributed by atoms with Gasteiger partial charge in [0.2, 0.25) is 0 Å². The molecule has 0 aliphatic carbocycles. The number of halogens is 4. The van der Waals surface area contributed by atoms with Crippen LogP contribution in [0.4, 0.5) is 19.0 Å². The second kappa shape index (κ2) is 10.7. The van der Waals surface area contributed by atoms with Gasteiger partial charge < -0.3 is 20.3 Å². The van der Waals surface area contributed by atoms with E-state index in [9.17, 15) is 18.0 Å². The lowest BCUT2D eigenvalue weighted by atomic mass is 10.1. The van der Waals surface area contributed by atoms with Crippen LogP contribution in [0.5, 0.6) is 0 Å². The van der Waals surface area contributed by atoms with E-state index in [4.69, 9.17) is 21.5 Å². The molecule has 2 aromatic heterocycles. The molecule has 0 saturated carbocycles. The molecular formula is C20H22ClF3N6O3. The minimum atomic E-state index is -5.08. The van der Waals surface area contributed by atoms with Crippen LogP contribution in [0.3, 0.4) is 0 Å². The van der Waals surface area contributed by atoms with Crippen LogP contribution in [0, 0.1) is 0 Å². The molecule has 0 spiro atoms. The van der Waals surface area contributed by atoms with E-state index in [0.717, 1.165) is 49.3 Å². The first kappa shape index (κ1) is 24.5. The topological polar surface area (TPSA) is 116 Å². The Balaban J connectivity index is 0.000000383. The van der Waals surface area contributed by atoms with Crippen LogP contribution >= 0.6 is 11.6 Å². The number of nitrogens with zero attached hydrogens (tertiary/aromatic N) is 4. The molecule has 1 aliphatic rings. The van der Waals surface area contributed by atoms with Crippen molar-refractivity contribution in [3.63, 3.8) is 0 Å². The summed E-state index contributed by atoms with van der Waals surface area (Å²) in [7, 11) is 0. The first-order valence-corrected chi connectivity index (χ1v) is 10.5. The number of nitrogens with one attached hydrogen (secondary N) is 2. The Bertz CT molecular complexity index is 1130. The van der Waals surface area contributed by atoms with Gasteiger partial charge in [-0.15, -0.1) is 0 Å². The van der Waals surface area contributed by atoms with E-state index in [1.807, 2.05) is 18.2 Å². The Morgan fingerprint density at radius 1 is 1.27 bits per heavy atom. The van der Waals surface area contributed by atoms with Crippen LogP contribution < -0.4 is 15.9 Å². The van der Waals surface area contributed by atoms with Gasteiger partial charge in [0.1, 0.15) is 12.1 Å². The molecule has 178 valence electrons. The van der Waals surface area contributed by atoms with Crippen LogP contribution in [0.15, 0.2) is 41.6 Å². The summed E-state index contributed by atoms with van der Waals surface area (Å²) < 4.78 is 33.5. The Kier molecular flexibility index (Phi) is 7.92. The molecule has 0 bridgehead atoms. The van der Waals surface area contributed by atoms with Crippen molar-refractivity contribution < 1.29 is 23.1 Å². The Morgan fingerprint density at radius 3 is 2.58 bits per heavy atom. The van der Waals surface area contributed by atoms with E-state index in [-0.39, 0.29) is 5.69 Å². The lowest BCUT2D eigenvalue weighted by Gasteiger charge is -2.33. The third-order valence-corrected chi connectivity index (χ3v) is 5.37. The van der Waals surface area contributed by atoms with Crippen LogP contribution in [0.2, 0.25) is 5.02 Å². The highest BCUT2D eigenvalue weighted by atomic mass is 35.5. The zero-order valence-corrected chi connectivity index (χ0v) is 18.1. The van der Waals surface area contributed by atoms with Crippen molar-refractivity contribution in [2.75, 3.05) is 24.5 Å². The Hall–Kier alpha value is -3.12. The highest BCUT2D eigenvalue weighted by Gasteiger charge is 2.38. The molecule has 13 heteroatoms. The van der Waals surface area contributed by atoms with Gasteiger partial charge in [-0.25, -0.2) is 19.6 Å². The Labute approximate surface area is 191 Å². The number of aromatic nitrogens is 4. The monoisotopic (exact) mass is 486 g/mol. The Morgan fingerprint density at radius 2 is 1.97 bits per heavy atom. The lowest BCUT2D eigenvalue weighted by molar-refractivity contribution is -0.192. The molecule has 1 aliphatic heterocycles. The number of fused-ring (bicyclic) bond motifs is 1. The summed E-state index contributed by atoms with van der Waals surface area (Å²) in [6.07, 6.45) is 0.398. The van der Waals surface area contributed by atoms with Crippen LogP contribution in [0.25, 0.3) is 11.0 Å². The quantitative estimate of drug-likeness (QED) is 0.507. The number of piperidine rings is 1. The number of carboxylic acids is 1. The van der Waals surface area contributed by atoms with Crippen molar-refractivity contribution in [2.45, 2.75) is 31.6 Å². The highest BCUT2D eigenvalue weighted by molar-refractivity contribution is 6.31. The van der Waals surface area contributed by atoms with Gasteiger partial charge >= 0.3 is 17.8 Å². The number of anilines is 1. The van der Waals surface area contributed by atoms with Gasteiger partial charge in [-0.3, -0.25) is 4.57 Å². The van der Waals surface area contributed by atoms with Crippen molar-refractivity contribution in [3.8, 4) is 0 Å². The molecule has 0 unspecified atom stereocenters. The molecule has 3 heterocycles. The fourth-order valence-electron chi connectivity index (χ4n) is 3.52. The van der Waals surface area contributed by atoms with Crippen molar-refractivity contribution in [2.24, 2.45) is 0 Å². The predicted octanol–water partition coefficient (Wildman–Crippen LogP) is 2.66. The molecule has 9 nitrogen and oxygen atoms in total. The van der Waals surface area contributed by atoms with Gasteiger partial charge in [-0.05, 0) is 37.1 Å². The number of hydrogen-bond acceptors (Lipinski definition) is 6. The average molecular weight is 487 g/mol. The van der Waals surface area contributed by atoms with Gasteiger partial charge in [0, 0.05) is 43.4 Å². The van der Waals surface area contributed by atoms with Crippen molar-refractivity contribution >= 4 is 34.4 Å². The van der Waals surface area contributed by atoms with Crippen molar-refractivity contribution in [1.82, 2.24) is 24.8 Å². The first-order valence-electron chi connectivity index (χ1n) is 10.1. The standard InChI is InChI=1S/C18H21ClN6O.C2HF3O2/c19-13-1-2-16-15(11-13)23-18(26)25(16)10-7-21-14-4-8-24(9-5-14)17-3-6-20-12-22-17;3-2(4,5)1(6)7/h1-3,6,11-12,14,21H,4-5,7-10H2,(H,23,26);(H,6,7). The van der Waals surface area contributed by atoms with Crippen molar-refractivity contribution in [1.29, 1.82) is 0 Å². The molecule has 0 atom stereocenters. The fourth-order valence-corrected chi connectivity index (χ4v) is 3.69. The summed E-state index contributed by atoms with van der Waals surface area (Å²) >= 11 is 5.99. The first-order chi connectivity index (χ1) is 15.6. The molecule has 1 aromatic carbocycles. The number of alkyl halides is 3. The van der Waals surface area contributed by atoms with Gasteiger partial charge in [-0.1, -0.05) is 11.6 Å². The summed E-state index contributed by atoms with van der Waals surface area (Å²) in [5, 5.41) is 11.3. The average Bonchev–Trinajstić information content (AvgIpc) is 3.09. The normalized spacial score (nSPS) is 14.7. The van der Waals surface area contributed by atoms with Crippen molar-refractivity contribution in [3.05, 3.63) is 52.3 Å². The van der Waals surface area contributed by atoms with Gasteiger partial charge in [0.05, 0.1) is 11.0 Å². The molecule has 33 heavy (non-hydrogen) atoms. The second-order valence-corrected chi connectivity index (χ2v) is 7.77. The number of carboxylic acid groups (broad SMARTS) is 1. The smallest absolute Gasteiger partial charge is 0.475 e. The van der Waals surface area contributed by atoms with E-state index in [0.29, 0.717) is 17.6 Å². The van der Waals surface area contributed by atoms with Crippen LogP contribution in [-0.2, 0) is 11.3 Å². The molecular weight excluding hydrogens is 465 g/mol. The number of carbonyl (C=O) groups is 1. The minimum absolute atomic E-state index is 0.0948. The third-order valence-electron chi connectivity index (χ3n) is 5.13. The van der Waals surface area contributed by atoms with Crippen LogP contribution in [-0.4, -0.2) is 62.4 Å². The zero-order chi connectivity index (χ0) is 24.0. The summed E-state index contributed by atoms with van der Waals surface area (Å²) in [6, 6.07) is 7.89. The second-order valence-electron chi connectivity index (χ2n) is 7.33. The van der Waals surface area contributed by atoms with Crippen LogP contribution in [0.1, 0.15) is 12.8 Å². The van der Waals surface area contributed by atoms with E-state index >= 15 is 0 Å². The lowest BCUT2D eigenvalue weighted by Crippen LogP contribution is -2.44. The van der Waals surface area contributed by atoms with E-state index in [1.54, 1.807) is 23.2 Å². The molecule has 1 saturated heterocycles. The minimum Gasteiger partial charge on any atom is -0.475 e. The van der Waals surface area contributed by atoms with E-state index < -0.39 is 12.1 Å². The molecule has 3 N–H and O–H groups in total. The third kappa shape index (κ3) is 6.68. The molecule has 3 aromatic rings. The number of hydrogen-bond donors (Lipinski definition) is 3. The molecule has 1 fully saturated rings. The fraction of sp³-hybridized carbons (Fsp3) is 0.400. The number of aliphatic carboxylic acids is 1. The van der Waals surface area contributed by atoms with Gasteiger partial charge in [0.15, 0.2) is 0 Å².